The van der Waals surface area contributed by atoms with Crippen molar-refractivity contribution >= 4 is 61.7 Å². The highest BCUT2D eigenvalue weighted by molar-refractivity contribution is 6.94. The molecule has 0 bridgehead atoms. The molecule has 10 aromatic rings. The molecule has 0 saturated carbocycles. The fourth-order valence-electron chi connectivity index (χ4n) is 13.3. The smallest absolute Gasteiger partial charge is 0.333 e. The summed E-state index contributed by atoms with van der Waals surface area (Å²) in [7, 11) is 0. The Hall–Kier alpha value is -7.10. The fraction of sp³-hybridized carbons (Fsp3) is 0.188. The van der Waals surface area contributed by atoms with Gasteiger partial charge in [0.2, 0.25) is 0 Å². The van der Waals surface area contributed by atoms with Crippen LogP contribution in [0, 0.1) is 6.92 Å². The monoisotopic (exact) mass is 860 g/mol. The van der Waals surface area contributed by atoms with Crippen LogP contribution in [-0.4, -0.2) is 11.4 Å². The van der Waals surface area contributed by atoms with Crippen molar-refractivity contribution in [3.05, 3.63) is 198 Å². The molecule has 0 unspecified atom stereocenters. The summed E-state index contributed by atoms with van der Waals surface area (Å²) >= 11 is 0. The molecule has 3 heterocycles. The highest BCUT2D eigenvalue weighted by Gasteiger charge is 2.50. The van der Waals surface area contributed by atoms with Gasteiger partial charge < -0.3 is 9.38 Å². The molecule has 9 aromatic carbocycles. The number of hydrogen-bond acceptors (Lipinski definition) is 1. The van der Waals surface area contributed by atoms with E-state index in [2.05, 4.69) is 228 Å². The molecule has 67 heavy (non-hydrogen) atoms. The standard InChI is InChI=1S/C64H53BN2/c1-38-30-52-53(63(4,5)29-28-62(52,2)3)37-56(38)67-57-35-42-23-15-14-22-41(42)31-46(57)49-36-48-45-24-16-17-25-51(45)64(6,7)58(48)61-59(49)65(67)54-34-44(40-20-12-9-13-21-40)33-50-47-32-43(39-18-10-8-11-19-39)26-27-55(47)66(61)60(50)54/h8-27,30-37H,28-29H2,1-7H3. The summed E-state index contributed by atoms with van der Waals surface area (Å²) in [6.07, 6.45) is 2.35. The Morgan fingerprint density at radius 2 is 1.09 bits per heavy atom. The molecule has 14 rings (SSSR count). The van der Waals surface area contributed by atoms with E-state index >= 15 is 0 Å². The number of nitrogens with zero attached hydrogens (tertiary/aromatic N) is 2. The van der Waals surface area contributed by atoms with Gasteiger partial charge in [0.05, 0.1) is 11.0 Å². The molecule has 0 radical (unpaired) electrons. The van der Waals surface area contributed by atoms with Crippen LogP contribution < -0.4 is 15.7 Å². The molecule has 4 aliphatic rings. The van der Waals surface area contributed by atoms with E-state index in [4.69, 9.17) is 0 Å². The van der Waals surface area contributed by atoms with Gasteiger partial charge in [-0.3, -0.25) is 0 Å². The third-order valence-electron chi connectivity index (χ3n) is 16.9. The Morgan fingerprint density at radius 3 is 1.82 bits per heavy atom. The van der Waals surface area contributed by atoms with Crippen molar-refractivity contribution < 1.29 is 0 Å². The van der Waals surface area contributed by atoms with Crippen molar-refractivity contribution in [3.8, 4) is 50.2 Å². The Bertz CT molecular complexity index is 3790. The van der Waals surface area contributed by atoms with Gasteiger partial charge in [0.25, 0.3) is 0 Å². The molecule has 2 nitrogen and oxygen atoms in total. The summed E-state index contributed by atoms with van der Waals surface area (Å²) in [5, 5.41) is 5.12. The minimum Gasteiger partial charge on any atom is -0.376 e. The summed E-state index contributed by atoms with van der Waals surface area (Å²) < 4.78 is 2.72. The van der Waals surface area contributed by atoms with Crippen LogP contribution in [0.2, 0.25) is 0 Å². The maximum Gasteiger partial charge on any atom is 0.333 e. The molecule has 0 saturated heterocycles. The van der Waals surface area contributed by atoms with E-state index in [0.29, 0.717) is 0 Å². The second-order valence-corrected chi connectivity index (χ2v) is 22.0. The quantitative estimate of drug-likeness (QED) is 0.161. The number of aryl methyl sites for hydroxylation is 1. The van der Waals surface area contributed by atoms with Crippen molar-refractivity contribution in [2.24, 2.45) is 0 Å². The van der Waals surface area contributed by atoms with Gasteiger partial charge in [0.1, 0.15) is 0 Å². The van der Waals surface area contributed by atoms with Gasteiger partial charge in [-0.2, -0.15) is 0 Å². The summed E-state index contributed by atoms with van der Waals surface area (Å²) in [5.74, 6) is 0. The molecule has 2 aliphatic heterocycles. The number of anilines is 2. The average molecular weight is 861 g/mol. The van der Waals surface area contributed by atoms with Crippen LogP contribution in [0.5, 0.6) is 0 Å². The van der Waals surface area contributed by atoms with Crippen LogP contribution >= 0.6 is 0 Å². The van der Waals surface area contributed by atoms with Gasteiger partial charge in [-0.05, 0) is 162 Å². The molecule has 0 N–H and O–H groups in total. The van der Waals surface area contributed by atoms with Crippen LogP contribution in [0.25, 0.3) is 82.8 Å². The lowest BCUT2D eigenvalue weighted by Crippen LogP contribution is -2.61. The number of aromatic nitrogens is 1. The van der Waals surface area contributed by atoms with Crippen LogP contribution in [0.3, 0.4) is 0 Å². The van der Waals surface area contributed by atoms with Gasteiger partial charge in [0, 0.05) is 38.8 Å². The third kappa shape index (κ3) is 5.23. The van der Waals surface area contributed by atoms with E-state index < -0.39 is 0 Å². The second-order valence-electron chi connectivity index (χ2n) is 22.0. The lowest BCUT2D eigenvalue weighted by Gasteiger charge is -2.46. The summed E-state index contributed by atoms with van der Waals surface area (Å²) in [4.78, 5) is 2.81. The van der Waals surface area contributed by atoms with E-state index in [1.165, 1.54) is 146 Å². The van der Waals surface area contributed by atoms with Gasteiger partial charge >= 0.3 is 6.85 Å². The zero-order valence-electron chi connectivity index (χ0n) is 39.6. The largest absolute Gasteiger partial charge is 0.376 e. The van der Waals surface area contributed by atoms with Gasteiger partial charge in [-0.15, -0.1) is 0 Å². The minimum atomic E-state index is -0.249. The van der Waals surface area contributed by atoms with E-state index in [9.17, 15) is 0 Å². The van der Waals surface area contributed by atoms with Crippen LogP contribution in [0.15, 0.2) is 170 Å². The lowest BCUT2D eigenvalue weighted by atomic mass is 9.43. The van der Waals surface area contributed by atoms with Gasteiger partial charge in [-0.1, -0.05) is 169 Å². The summed E-state index contributed by atoms with van der Waals surface area (Å²) in [5.41, 5.74) is 26.6. The minimum absolute atomic E-state index is 0.0466. The molecule has 0 atom stereocenters. The molecular formula is C64H53BN2. The predicted molar refractivity (Wildman–Crippen MR) is 286 cm³/mol. The van der Waals surface area contributed by atoms with Crippen molar-refractivity contribution in [2.45, 2.75) is 77.6 Å². The summed E-state index contributed by atoms with van der Waals surface area (Å²) in [6.45, 7) is 17.1. The number of rotatable bonds is 3. The van der Waals surface area contributed by atoms with Gasteiger partial charge in [0.15, 0.2) is 0 Å². The van der Waals surface area contributed by atoms with Crippen LogP contribution in [0.1, 0.15) is 82.2 Å². The van der Waals surface area contributed by atoms with Crippen molar-refractivity contribution in [1.82, 2.24) is 4.57 Å². The Balaban J connectivity index is 1.20. The first kappa shape index (κ1) is 39.1. The van der Waals surface area contributed by atoms with Crippen LogP contribution in [0.4, 0.5) is 11.4 Å². The van der Waals surface area contributed by atoms with Crippen LogP contribution in [-0.2, 0) is 16.2 Å². The molecule has 0 spiro atoms. The van der Waals surface area contributed by atoms with Gasteiger partial charge in [-0.25, -0.2) is 0 Å². The molecule has 322 valence electrons. The molecule has 0 fully saturated rings. The Kier molecular flexibility index (Phi) is 7.76. The maximum absolute atomic E-state index is 2.81. The molecular weight excluding hydrogens is 808 g/mol. The highest BCUT2D eigenvalue weighted by atomic mass is 15.1. The first-order valence-electron chi connectivity index (χ1n) is 24.4. The van der Waals surface area contributed by atoms with E-state index in [-0.39, 0.29) is 23.1 Å². The van der Waals surface area contributed by atoms with E-state index in [1.807, 2.05) is 0 Å². The molecule has 2 aliphatic carbocycles. The molecule has 0 amide bonds. The normalized spacial score (nSPS) is 16.5. The zero-order valence-corrected chi connectivity index (χ0v) is 39.6. The third-order valence-corrected chi connectivity index (χ3v) is 16.9. The predicted octanol–water partition coefficient (Wildman–Crippen LogP) is 15.5. The molecule has 1 aromatic heterocycles. The first-order valence-corrected chi connectivity index (χ1v) is 24.4. The lowest BCUT2D eigenvalue weighted by molar-refractivity contribution is 0.332. The maximum atomic E-state index is 2.81. The molecule has 3 heteroatoms. The Labute approximate surface area is 394 Å². The van der Waals surface area contributed by atoms with Crippen molar-refractivity contribution in [2.75, 3.05) is 4.81 Å². The second kappa shape index (κ2) is 13.3. The highest BCUT2D eigenvalue weighted by Crippen LogP contribution is 2.57. The fourth-order valence-corrected chi connectivity index (χ4v) is 13.3. The van der Waals surface area contributed by atoms with E-state index in [0.717, 1.165) is 0 Å². The zero-order chi connectivity index (χ0) is 45.3. The van der Waals surface area contributed by atoms with Crippen molar-refractivity contribution in [3.63, 3.8) is 0 Å². The number of benzene rings is 9. The topological polar surface area (TPSA) is 8.17 Å². The number of fused-ring (bicyclic) bond motifs is 13. The SMILES string of the molecule is Cc1cc2c(cc1N1B3c4c(cc5c(c4-n4c6ccc(-c7ccccc7)cc6c6cc(-c7ccccc7)cc3c64)C(C)(C)c3ccccc3-5)-c3cc4ccccc4cc31)C(C)(C)CCC2(C)C. The summed E-state index contributed by atoms with van der Waals surface area (Å²) in [6, 6.07) is 65.4. The average Bonchev–Trinajstić information content (AvgIpc) is 3.79. The first-order chi connectivity index (χ1) is 32.4. The van der Waals surface area contributed by atoms with Crippen molar-refractivity contribution in [1.29, 1.82) is 0 Å². The number of hydrogen-bond donors (Lipinski definition) is 0. The Morgan fingerprint density at radius 1 is 0.463 bits per heavy atom. The van der Waals surface area contributed by atoms with E-state index in [1.54, 1.807) is 0 Å².